The van der Waals surface area contributed by atoms with Crippen LogP contribution in [0.15, 0.2) is 185 Å². The van der Waals surface area contributed by atoms with Gasteiger partial charge in [-0.3, -0.25) is 0 Å². The van der Waals surface area contributed by atoms with E-state index >= 15 is 0 Å². The molecule has 0 aliphatic heterocycles. The predicted molar refractivity (Wildman–Crippen MR) is 204 cm³/mol. The molecule has 0 bridgehead atoms. The van der Waals surface area contributed by atoms with Crippen LogP contribution < -0.4 is 4.90 Å². The Balaban J connectivity index is 1.19. The van der Waals surface area contributed by atoms with Crippen LogP contribution in [0.25, 0.3) is 76.9 Å². The van der Waals surface area contributed by atoms with E-state index in [9.17, 15) is 0 Å². The van der Waals surface area contributed by atoms with Crippen LogP contribution in [0.3, 0.4) is 0 Å². The van der Waals surface area contributed by atoms with E-state index in [4.69, 9.17) is 8.83 Å². The van der Waals surface area contributed by atoms with Crippen molar-refractivity contribution in [2.75, 3.05) is 4.90 Å². The summed E-state index contributed by atoms with van der Waals surface area (Å²) in [6.07, 6.45) is 0. The van der Waals surface area contributed by atoms with Gasteiger partial charge in [0.1, 0.15) is 16.7 Å². The van der Waals surface area contributed by atoms with Gasteiger partial charge in [-0.2, -0.15) is 0 Å². The van der Waals surface area contributed by atoms with Crippen molar-refractivity contribution in [1.82, 2.24) is 0 Å². The molecule has 0 saturated heterocycles. The number of nitrogens with zero attached hydrogens (tertiary/aromatic N) is 1. The number of para-hydroxylation sites is 3. The van der Waals surface area contributed by atoms with Crippen LogP contribution in [0.5, 0.6) is 0 Å². The average Bonchev–Trinajstić information content (AvgIpc) is 3.75. The summed E-state index contributed by atoms with van der Waals surface area (Å²) in [7, 11) is 0. The Kier molecular flexibility index (Phi) is 6.18. The second-order valence-electron chi connectivity index (χ2n) is 12.5. The first-order chi connectivity index (χ1) is 24.3. The van der Waals surface area contributed by atoms with Crippen LogP contribution in [0.2, 0.25) is 0 Å². The number of anilines is 3. The molecular formula is C46H29NO2. The smallest absolute Gasteiger partial charge is 0.159 e. The average molecular weight is 628 g/mol. The van der Waals surface area contributed by atoms with Gasteiger partial charge in [0.2, 0.25) is 0 Å². The van der Waals surface area contributed by atoms with Crippen molar-refractivity contribution in [3.63, 3.8) is 0 Å². The summed E-state index contributed by atoms with van der Waals surface area (Å²) in [5.41, 5.74) is 11.2. The Morgan fingerprint density at radius 1 is 0.347 bits per heavy atom. The first kappa shape index (κ1) is 27.5. The van der Waals surface area contributed by atoms with Crippen molar-refractivity contribution in [2.24, 2.45) is 0 Å². The van der Waals surface area contributed by atoms with Gasteiger partial charge in [0.05, 0.1) is 11.4 Å². The van der Waals surface area contributed by atoms with E-state index in [0.29, 0.717) is 0 Å². The van der Waals surface area contributed by atoms with Crippen LogP contribution in [0.4, 0.5) is 17.1 Å². The minimum absolute atomic E-state index is 0.855. The number of benzene rings is 8. The lowest BCUT2D eigenvalue weighted by Crippen LogP contribution is -2.11. The Morgan fingerprint density at radius 3 is 1.88 bits per heavy atom. The zero-order chi connectivity index (χ0) is 32.3. The maximum atomic E-state index is 6.62. The van der Waals surface area contributed by atoms with Gasteiger partial charge in [-0.25, -0.2) is 0 Å². The number of rotatable bonds is 5. The van der Waals surface area contributed by atoms with Gasteiger partial charge in [-0.1, -0.05) is 127 Å². The summed E-state index contributed by atoms with van der Waals surface area (Å²) in [5.74, 6) is 0. The fourth-order valence-corrected chi connectivity index (χ4v) is 7.33. The molecule has 3 nitrogen and oxygen atoms in total. The van der Waals surface area contributed by atoms with Gasteiger partial charge in [0.15, 0.2) is 5.58 Å². The van der Waals surface area contributed by atoms with Gasteiger partial charge in [-0.15, -0.1) is 0 Å². The van der Waals surface area contributed by atoms with Crippen LogP contribution in [-0.4, -0.2) is 0 Å². The number of fused-ring (bicyclic) bond motifs is 8. The molecule has 0 saturated carbocycles. The summed E-state index contributed by atoms with van der Waals surface area (Å²) in [6, 6.07) is 62.0. The molecule has 10 aromatic rings. The molecule has 8 aromatic carbocycles. The zero-order valence-electron chi connectivity index (χ0n) is 26.5. The maximum Gasteiger partial charge on any atom is 0.159 e. The normalized spacial score (nSPS) is 11.7. The predicted octanol–water partition coefficient (Wildman–Crippen LogP) is 13.4. The van der Waals surface area contributed by atoms with Crippen molar-refractivity contribution in [3.05, 3.63) is 176 Å². The number of hydrogen-bond acceptors (Lipinski definition) is 3. The Morgan fingerprint density at radius 2 is 0.980 bits per heavy atom. The number of hydrogen-bond donors (Lipinski definition) is 0. The van der Waals surface area contributed by atoms with Crippen molar-refractivity contribution in [1.29, 1.82) is 0 Å². The van der Waals surface area contributed by atoms with Crippen molar-refractivity contribution in [3.8, 4) is 22.3 Å². The minimum Gasteiger partial charge on any atom is -0.455 e. The Hall–Kier alpha value is -6.58. The lowest BCUT2D eigenvalue weighted by atomic mass is 9.98. The molecule has 230 valence electrons. The summed E-state index contributed by atoms with van der Waals surface area (Å²) in [4.78, 5) is 2.33. The summed E-state index contributed by atoms with van der Waals surface area (Å²) in [6.45, 7) is 0. The molecule has 0 aliphatic rings. The van der Waals surface area contributed by atoms with Crippen molar-refractivity contribution in [2.45, 2.75) is 0 Å². The van der Waals surface area contributed by atoms with E-state index in [-0.39, 0.29) is 0 Å². The van der Waals surface area contributed by atoms with Gasteiger partial charge < -0.3 is 13.7 Å². The molecular weight excluding hydrogens is 599 g/mol. The van der Waals surface area contributed by atoms with E-state index < -0.39 is 0 Å². The third-order valence-electron chi connectivity index (χ3n) is 9.67. The largest absolute Gasteiger partial charge is 0.455 e. The fourth-order valence-electron chi connectivity index (χ4n) is 7.33. The van der Waals surface area contributed by atoms with Crippen LogP contribution in [0, 0.1) is 0 Å². The third kappa shape index (κ3) is 4.44. The lowest BCUT2D eigenvalue weighted by molar-refractivity contribution is 0.669. The first-order valence-electron chi connectivity index (χ1n) is 16.6. The minimum atomic E-state index is 0.855. The van der Waals surface area contributed by atoms with Crippen molar-refractivity contribution < 1.29 is 8.83 Å². The Labute approximate surface area is 282 Å². The summed E-state index contributed by atoms with van der Waals surface area (Å²) in [5, 5.41) is 6.72. The van der Waals surface area contributed by atoms with E-state index in [1.54, 1.807) is 0 Å². The monoisotopic (exact) mass is 627 g/mol. The van der Waals surface area contributed by atoms with Gasteiger partial charge in [-0.05, 0) is 70.6 Å². The highest BCUT2D eigenvalue weighted by Crippen LogP contribution is 2.46. The highest BCUT2D eigenvalue weighted by molar-refractivity contribution is 6.16. The topological polar surface area (TPSA) is 29.5 Å². The standard InChI is InChI=1S/C46H29NO2/c1-2-11-30(12-3-1)31-21-25-34(26-22-31)47(42-19-10-17-38-37-16-7-9-20-43(37)49-46(38)42)41-18-8-6-14-35(41)33-24-28-44-40(29-33)39-27-23-32-13-4-5-15-36(32)45(39)48-44/h1-29H. The molecule has 0 aliphatic carbocycles. The number of furan rings is 2. The van der Waals surface area contributed by atoms with Crippen LogP contribution >= 0.6 is 0 Å². The van der Waals surface area contributed by atoms with E-state index in [1.165, 1.54) is 16.5 Å². The van der Waals surface area contributed by atoms with Crippen LogP contribution in [-0.2, 0) is 0 Å². The molecule has 2 heterocycles. The quantitative estimate of drug-likeness (QED) is 0.190. The second-order valence-corrected chi connectivity index (χ2v) is 12.5. The van der Waals surface area contributed by atoms with Gasteiger partial charge in [0.25, 0.3) is 0 Å². The SMILES string of the molecule is c1ccc(-c2ccc(N(c3ccccc3-c3ccc4oc5c6ccccc6ccc5c4c3)c3cccc4c3oc3ccccc34)cc2)cc1. The zero-order valence-corrected chi connectivity index (χ0v) is 26.5. The molecule has 2 aromatic heterocycles. The highest BCUT2D eigenvalue weighted by Gasteiger charge is 2.22. The molecule has 0 atom stereocenters. The fraction of sp³-hybridized carbons (Fsp3) is 0. The molecule has 0 amide bonds. The highest BCUT2D eigenvalue weighted by atomic mass is 16.3. The summed E-state index contributed by atoms with van der Waals surface area (Å²) >= 11 is 0. The maximum absolute atomic E-state index is 6.62. The van der Waals surface area contributed by atoms with E-state index in [1.807, 2.05) is 12.1 Å². The molecule has 49 heavy (non-hydrogen) atoms. The molecule has 0 spiro atoms. The van der Waals surface area contributed by atoms with Crippen molar-refractivity contribution >= 4 is 71.7 Å². The third-order valence-corrected chi connectivity index (χ3v) is 9.67. The molecule has 0 fully saturated rings. The second kappa shape index (κ2) is 11.0. The molecule has 0 unspecified atom stereocenters. The van der Waals surface area contributed by atoms with E-state index in [2.05, 4.69) is 169 Å². The molecule has 3 heteroatoms. The summed E-state index contributed by atoms with van der Waals surface area (Å²) < 4.78 is 13.1. The van der Waals surface area contributed by atoms with Gasteiger partial charge >= 0.3 is 0 Å². The molecule has 0 radical (unpaired) electrons. The first-order valence-corrected chi connectivity index (χ1v) is 16.6. The lowest BCUT2D eigenvalue weighted by Gasteiger charge is -2.28. The molecule has 10 rings (SSSR count). The van der Waals surface area contributed by atoms with E-state index in [0.717, 1.165) is 77.5 Å². The molecule has 0 N–H and O–H groups in total. The Bertz CT molecular complexity index is 2830. The van der Waals surface area contributed by atoms with Crippen LogP contribution in [0.1, 0.15) is 0 Å². The van der Waals surface area contributed by atoms with Gasteiger partial charge in [0, 0.05) is 38.2 Å².